The molecule has 1 amide bonds. The van der Waals surface area contributed by atoms with Gasteiger partial charge in [0.25, 0.3) is 5.91 Å². The van der Waals surface area contributed by atoms with Crippen molar-refractivity contribution in [1.29, 1.82) is 0 Å². The number of methoxy groups -OCH3 is 2. The zero-order chi connectivity index (χ0) is 20.3. The van der Waals surface area contributed by atoms with Gasteiger partial charge in [-0.3, -0.25) is 9.59 Å². The standard InChI is InChI=1S/C22H24N2O4/c1-5-24-13-17(21(25)16-10-14(2)6-8-18(16)24)22(26)23-12-15-7-9-19(27-3)20(11-15)28-4/h6-11,13H,5,12H2,1-4H3,(H,23,26). The van der Waals surface area contributed by atoms with Crippen molar-refractivity contribution in [3.8, 4) is 11.5 Å². The maximum Gasteiger partial charge on any atom is 0.257 e. The molecule has 28 heavy (non-hydrogen) atoms. The number of aromatic nitrogens is 1. The summed E-state index contributed by atoms with van der Waals surface area (Å²) in [6.45, 7) is 4.85. The van der Waals surface area contributed by atoms with E-state index in [9.17, 15) is 9.59 Å². The van der Waals surface area contributed by atoms with Gasteiger partial charge in [0.1, 0.15) is 5.56 Å². The van der Waals surface area contributed by atoms with Crippen LogP contribution in [0.15, 0.2) is 47.4 Å². The summed E-state index contributed by atoms with van der Waals surface area (Å²) >= 11 is 0. The number of benzene rings is 2. The minimum absolute atomic E-state index is 0.139. The number of aryl methyl sites for hydroxylation is 2. The van der Waals surface area contributed by atoms with Crippen LogP contribution in [0.4, 0.5) is 0 Å². The van der Waals surface area contributed by atoms with Gasteiger partial charge in [-0.25, -0.2) is 0 Å². The number of fused-ring (bicyclic) bond motifs is 1. The molecular formula is C22H24N2O4. The fraction of sp³-hybridized carbons (Fsp3) is 0.273. The van der Waals surface area contributed by atoms with E-state index in [0.29, 0.717) is 23.4 Å². The second kappa shape index (κ2) is 8.17. The lowest BCUT2D eigenvalue weighted by atomic mass is 10.1. The molecule has 0 aliphatic rings. The van der Waals surface area contributed by atoms with E-state index in [1.54, 1.807) is 32.5 Å². The molecule has 2 aromatic carbocycles. The number of hydrogen-bond acceptors (Lipinski definition) is 4. The first kappa shape index (κ1) is 19.5. The van der Waals surface area contributed by atoms with Crippen molar-refractivity contribution < 1.29 is 14.3 Å². The van der Waals surface area contributed by atoms with Crippen molar-refractivity contribution >= 4 is 16.8 Å². The Bertz CT molecular complexity index is 1090. The number of ether oxygens (including phenoxy) is 2. The summed E-state index contributed by atoms with van der Waals surface area (Å²) in [5.41, 5.74) is 2.54. The number of amides is 1. The van der Waals surface area contributed by atoms with Crippen molar-refractivity contribution in [2.45, 2.75) is 26.9 Å². The molecule has 0 saturated heterocycles. The number of carbonyl (C=O) groups excluding carboxylic acids is 1. The van der Waals surface area contributed by atoms with E-state index in [2.05, 4.69) is 5.32 Å². The first-order chi connectivity index (χ1) is 13.5. The second-order valence-electron chi connectivity index (χ2n) is 6.55. The molecule has 0 saturated carbocycles. The summed E-state index contributed by atoms with van der Waals surface area (Å²) in [4.78, 5) is 25.6. The Morgan fingerprint density at radius 3 is 2.50 bits per heavy atom. The minimum Gasteiger partial charge on any atom is -0.493 e. The molecular weight excluding hydrogens is 356 g/mol. The quantitative estimate of drug-likeness (QED) is 0.713. The fourth-order valence-electron chi connectivity index (χ4n) is 3.20. The molecule has 3 rings (SSSR count). The largest absolute Gasteiger partial charge is 0.493 e. The molecule has 0 fully saturated rings. The molecule has 3 aromatic rings. The lowest BCUT2D eigenvalue weighted by Gasteiger charge is -2.13. The van der Waals surface area contributed by atoms with Gasteiger partial charge in [-0.2, -0.15) is 0 Å². The molecule has 0 spiro atoms. The van der Waals surface area contributed by atoms with E-state index in [0.717, 1.165) is 16.6 Å². The molecule has 6 nitrogen and oxygen atoms in total. The monoisotopic (exact) mass is 380 g/mol. The third-order valence-corrected chi connectivity index (χ3v) is 4.72. The van der Waals surface area contributed by atoms with Crippen LogP contribution in [0, 0.1) is 6.92 Å². The zero-order valence-corrected chi connectivity index (χ0v) is 16.5. The van der Waals surface area contributed by atoms with Crippen LogP contribution in [0.25, 0.3) is 10.9 Å². The van der Waals surface area contributed by atoms with Crippen LogP contribution in [-0.2, 0) is 13.1 Å². The highest BCUT2D eigenvalue weighted by Gasteiger charge is 2.15. The number of nitrogens with one attached hydrogen (secondary N) is 1. The van der Waals surface area contributed by atoms with Gasteiger partial charge in [-0.1, -0.05) is 17.7 Å². The van der Waals surface area contributed by atoms with Crippen LogP contribution in [0.2, 0.25) is 0 Å². The highest BCUT2D eigenvalue weighted by atomic mass is 16.5. The van der Waals surface area contributed by atoms with Crippen LogP contribution < -0.4 is 20.2 Å². The zero-order valence-electron chi connectivity index (χ0n) is 16.5. The van der Waals surface area contributed by atoms with E-state index < -0.39 is 5.91 Å². The molecule has 0 atom stereocenters. The molecule has 146 valence electrons. The van der Waals surface area contributed by atoms with Crippen molar-refractivity contribution in [3.05, 3.63) is 69.5 Å². The summed E-state index contributed by atoms with van der Waals surface area (Å²) in [6, 6.07) is 11.1. The van der Waals surface area contributed by atoms with Gasteiger partial charge in [0.05, 0.1) is 19.7 Å². The first-order valence-electron chi connectivity index (χ1n) is 9.11. The van der Waals surface area contributed by atoms with Gasteiger partial charge in [0.15, 0.2) is 11.5 Å². The van der Waals surface area contributed by atoms with Crippen LogP contribution in [-0.4, -0.2) is 24.7 Å². The first-order valence-corrected chi connectivity index (χ1v) is 9.11. The van der Waals surface area contributed by atoms with Gasteiger partial charge < -0.3 is 19.4 Å². The summed E-state index contributed by atoms with van der Waals surface area (Å²) in [6.07, 6.45) is 1.63. The number of pyridine rings is 1. The Morgan fingerprint density at radius 1 is 1.07 bits per heavy atom. The van der Waals surface area contributed by atoms with Gasteiger partial charge in [-0.05, 0) is 43.7 Å². The second-order valence-corrected chi connectivity index (χ2v) is 6.55. The molecule has 1 heterocycles. The average Bonchev–Trinajstić information content (AvgIpc) is 2.72. The summed E-state index contributed by atoms with van der Waals surface area (Å²) in [7, 11) is 3.13. The van der Waals surface area contributed by atoms with E-state index >= 15 is 0 Å². The minimum atomic E-state index is -0.398. The number of rotatable bonds is 6. The summed E-state index contributed by atoms with van der Waals surface area (Å²) < 4.78 is 12.4. The Labute approximate surface area is 163 Å². The van der Waals surface area contributed by atoms with Crippen LogP contribution in [0.1, 0.15) is 28.4 Å². The topological polar surface area (TPSA) is 69.6 Å². The normalized spacial score (nSPS) is 10.7. The Kier molecular flexibility index (Phi) is 5.68. The van der Waals surface area contributed by atoms with Crippen molar-refractivity contribution in [2.75, 3.05) is 14.2 Å². The third-order valence-electron chi connectivity index (χ3n) is 4.72. The average molecular weight is 380 g/mol. The van der Waals surface area contributed by atoms with Gasteiger partial charge in [0, 0.05) is 24.7 Å². The highest BCUT2D eigenvalue weighted by Crippen LogP contribution is 2.27. The van der Waals surface area contributed by atoms with Crippen LogP contribution >= 0.6 is 0 Å². The number of nitrogens with zero attached hydrogens (tertiary/aromatic N) is 1. The molecule has 0 radical (unpaired) electrons. The Hall–Kier alpha value is -3.28. The van der Waals surface area contributed by atoms with E-state index in [-0.39, 0.29) is 17.5 Å². The molecule has 1 aromatic heterocycles. The summed E-state index contributed by atoms with van der Waals surface area (Å²) in [5.74, 6) is 0.808. The van der Waals surface area contributed by atoms with Crippen LogP contribution in [0.5, 0.6) is 11.5 Å². The molecule has 0 bridgehead atoms. The SMILES string of the molecule is CCn1cc(C(=O)NCc2ccc(OC)c(OC)c2)c(=O)c2cc(C)ccc21. The molecule has 0 aliphatic carbocycles. The molecule has 0 aliphatic heterocycles. The predicted octanol–water partition coefficient (Wildman–Crippen LogP) is 3.28. The lowest BCUT2D eigenvalue weighted by molar-refractivity contribution is 0.0949. The smallest absolute Gasteiger partial charge is 0.257 e. The third kappa shape index (κ3) is 3.71. The van der Waals surface area contributed by atoms with E-state index in [1.807, 2.05) is 42.7 Å². The molecule has 1 N–H and O–H groups in total. The predicted molar refractivity (Wildman–Crippen MR) is 109 cm³/mol. The van der Waals surface area contributed by atoms with Crippen molar-refractivity contribution in [1.82, 2.24) is 9.88 Å². The Balaban J connectivity index is 1.90. The van der Waals surface area contributed by atoms with Crippen LogP contribution in [0.3, 0.4) is 0 Å². The van der Waals surface area contributed by atoms with Gasteiger partial charge in [-0.15, -0.1) is 0 Å². The highest BCUT2D eigenvalue weighted by molar-refractivity contribution is 5.97. The number of carbonyl (C=O) groups is 1. The fourth-order valence-corrected chi connectivity index (χ4v) is 3.20. The van der Waals surface area contributed by atoms with Gasteiger partial charge >= 0.3 is 0 Å². The van der Waals surface area contributed by atoms with E-state index in [4.69, 9.17) is 9.47 Å². The van der Waals surface area contributed by atoms with Crippen molar-refractivity contribution in [2.24, 2.45) is 0 Å². The number of hydrogen-bond donors (Lipinski definition) is 1. The maximum atomic E-state index is 12.9. The van der Waals surface area contributed by atoms with Gasteiger partial charge in [0.2, 0.25) is 5.43 Å². The summed E-state index contributed by atoms with van der Waals surface area (Å²) in [5, 5.41) is 3.38. The maximum absolute atomic E-state index is 12.9. The van der Waals surface area contributed by atoms with E-state index in [1.165, 1.54) is 0 Å². The van der Waals surface area contributed by atoms with Crippen molar-refractivity contribution in [3.63, 3.8) is 0 Å². The molecule has 0 unspecified atom stereocenters. The molecule has 6 heteroatoms. The lowest BCUT2D eigenvalue weighted by Crippen LogP contribution is -2.29. The Morgan fingerprint density at radius 2 is 1.82 bits per heavy atom.